The van der Waals surface area contributed by atoms with Gasteiger partial charge in [-0.15, -0.1) is 0 Å². The zero-order valence-electron chi connectivity index (χ0n) is 30.6. The smallest absolute Gasteiger partial charge is 0.338 e. The van der Waals surface area contributed by atoms with E-state index in [-0.39, 0.29) is 24.1 Å². The quantitative estimate of drug-likeness (QED) is 0.0321. The van der Waals surface area contributed by atoms with E-state index in [1.54, 1.807) is 36.7 Å². The fourth-order valence-corrected chi connectivity index (χ4v) is 5.43. The van der Waals surface area contributed by atoms with Crippen LogP contribution in [0.15, 0.2) is 107 Å². The minimum atomic E-state index is -0.308. The van der Waals surface area contributed by atoms with Gasteiger partial charge in [0.25, 0.3) is 0 Å². The van der Waals surface area contributed by atoms with Crippen LogP contribution in [-0.4, -0.2) is 76.2 Å². The molecule has 54 heavy (non-hydrogen) atoms. The Labute approximate surface area is 317 Å². The molecule has 0 amide bonds. The Morgan fingerprint density at radius 1 is 0.519 bits per heavy atom. The van der Waals surface area contributed by atoms with Gasteiger partial charge in [0.15, 0.2) is 0 Å². The van der Waals surface area contributed by atoms with Crippen molar-refractivity contribution < 1.29 is 38.0 Å². The molecule has 0 N–H and O–H groups in total. The van der Waals surface area contributed by atoms with E-state index in [0.29, 0.717) is 37.6 Å². The largest absolute Gasteiger partial charge is 0.491 e. The Morgan fingerprint density at radius 3 is 1.22 bits per heavy atom. The van der Waals surface area contributed by atoms with E-state index in [1.807, 2.05) is 72.8 Å². The van der Waals surface area contributed by atoms with Crippen molar-refractivity contribution in [1.82, 2.24) is 0 Å². The zero-order valence-corrected chi connectivity index (χ0v) is 30.6. The number of nitrogens with zero attached hydrogens (tertiary/aromatic N) is 2. The van der Waals surface area contributed by atoms with Crippen LogP contribution in [0.4, 0.5) is 11.4 Å². The lowest BCUT2D eigenvalue weighted by Crippen LogP contribution is -2.06. The van der Waals surface area contributed by atoms with Crippen LogP contribution in [-0.2, 0) is 18.9 Å². The van der Waals surface area contributed by atoms with E-state index in [1.165, 1.54) is 0 Å². The molecule has 282 valence electrons. The summed E-state index contributed by atoms with van der Waals surface area (Å²) in [4.78, 5) is 33.9. The van der Waals surface area contributed by atoms with Crippen molar-refractivity contribution >= 4 is 35.7 Å². The number of rotatable bonds is 23. The summed E-state index contributed by atoms with van der Waals surface area (Å²) in [5, 5.41) is 0. The zero-order chi connectivity index (χ0) is 37.2. The number of hydrogen-bond acceptors (Lipinski definition) is 10. The third kappa shape index (κ3) is 13.9. The summed E-state index contributed by atoms with van der Waals surface area (Å²) in [5.74, 6) is 0.976. The summed E-state index contributed by atoms with van der Waals surface area (Å²) in [6.07, 6.45) is 12.2. The molecule has 2 saturated heterocycles. The summed E-state index contributed by atoms with van der Waals surface area (Å²) in [6, 6.07) is 29.7. The van der Waals surface area contributed by atoms with Crippen LogP contribution in [0.25, 0.3) is 0 Å². The van der Waals surface area contributed by atoms with Gasteiger partial charge in [0.1, 0.15) is 36.9 Å². The molecular formula is C44H48N2O8. The Morgan fingerprint density at radius 2 is 0.870 bits per heavy atom. The summed E-state index contributed by atoms with van der Waals surface area (Å²) in [5.41, 5.74) is 4.49. The molecule has 2 aliphatic rings. The Hall–Kier alpha value is -5.32. The van der Waals surface area contributed by atoms with Gasteiger partial charge >= 0.3 is 11.9 Å². The number of benzene rings is 4. The molecular weight excluding hydrogens is 684 g/mol. The average Bonchev–Trinajstić information content (AvgIpc) is 4.16. The maximum Gasteiger partial charge on any atom is 0.338 e. The Balaban J connectivity index is 0.747. The van der Waals surface area contributed by atoms with Crippen LogP contribution in [0.3, 0.4) is 0 Å². The minimum Gasteiger partial charge on any atom is -0.491 e. The molecule has 2 atom stereocenters. The molecule has 2 unspecified atom stereocenters. The number of ether oxygens (including phenoxy) is 6. The van der Waals surface area contributed by atoms with E-state index < -0.39 is 0 Å². The van der Waals surface area contributed by atoms with Crippen molar-refractivity contribution in [3.63, 3.8) is 0 Å². The van der Waals surface area contributed by atoms with E-state index in [9.17, 15) is 9.59 Å². The SMILES string of the molecule is O=C(OCCCCCCCCCCOC(=O)c1ccc(C=Nc2ccc(OCC3CO3)cc2)cc1)c1ccc(C=Nc2ccc(OCC3CO3)cc2)cc1. The molecule has 10 heteroatoms. The highest BCUT2D eigenvalue weighted by Gasteiger charge is 2.23. The Kier molecular flexibility index (Phi) is 14.8. The van der Waals surface area contributed by atoms with Crippen molar-refractivity contribution in [2.75, 3.05) is 39.6 Å². The van der Waals surface area contributed by atoms with Crippen LogP contribution >= 0.6 is 0 Å². The number of aliphatic imine (C=N–C) groups is 2. The first-order valence-electron chi connectivity index (χ1n) is 18.9. The van der Waals surface area contributed by atoms with Crippen molar-refractivity contribution in [3.8, 4) is 11.5 Å². The first-order chi connectivity index (χ1) is 26.6. The molecule has 10 nitrogen and oxygen atoms in total. The summed E-state index contributed by atoms with van der Waals surface area (Å²) < 4.78 is 32.6. The third-order valence-electron chi connectivity index (χ3n) is 8.87. The van der Waals surface area contributed by atoms with Gasteiger partial charge in [0.2, 0.25) is 0 Å². The van der Waals surface area contributed by atoms with Gasteiger partial charge in [-0.2, -0.15) is 0 Å². The summed E-state index contributed by atoms with van der Waals surface area (Å²) in [7, 11) is 0. The predicted molar refractivity (Wildman–Crippen MR) is 208 cm³/mol. The minimum absolute atomic E-state index is 0.226. The fourth-order valence-electron chi connectivity index (χ4n) is 5.43. The molecule has 2 fully saturated rings. The first-order valence-corrected chi connectivity index (χ1v) is 18.9. The second-order valence-corrected chi connectivity index (χ2v) is 13.4. The second-order valence-electron chi connectivity index (χ2n) is 13.4. The van der Waals surface area contributed by atoms with Gasteiger partial charge in [-0.3, -0.25) is 9.98 Å². The molecule has 0 spiro atoms. The molecule has 0 radical (unpaired) electrons. The van der Waals surface area contributed by atoms with Crippen molar-refractivity contribution in [3.05, 3.63) is 119 Å². The number of unbranched alkanes of at least 4 members (excludes halogenated alkanes) is 7. The topological polar surface area (TPSA) is 121 Å². The number of epoxide rings is 2. The standard InChI is InChI=1S/C44H48N2O8/c47-43(35-13-9-33(10-14-35)27-45-37-17-21-39(22-18-37)51-29-41-31-53-41)49-25-7-5-3-1-2-4-6-8-26-50-44(48)36-15-11-34(12-16-36)28-46-38-19-23-40(24-20-38)52-30-42-32-54-42/h9-24,27-28,41-42H,1-8,25-26,29-32H2. The molecule has 0 bridgehead atoms. The van der Waals surface area contributed by atoms with Crippen molar-refractivity contribution in [2.24, 2.45) is 9.98 Å². The van der Waals surface area contributed by atoms with Gasteiger partial charge in [-0.25, -0.2) is 9.59 Å². The number of esters is 2. The van der Waals surface area contributed by atoms with Gasteiger partial charge in [-0.05, 0) is 96.8 Å². The van der Waals surface area contributed by atoms with E-state index in [2.05, 4.69) is 9.98 Å². The number of hydrogen-bond donors (Lipinski definition) is 0. The molecule has 2 aliphatic heterocycles. The fraction of sp³-hybridized carbons (Fsp3) is 0.364. The molecule has 4 aromatic rings. The normalized spacial score (nSPS) is 16.0. The molecule has 4 aromatic carbocycles. The van der Waals surface area contributed by atoms with E-state index >= 15 is 0 Å². The van der Waals surface area contributed by atoms with Crippen molar-refractivity contribution in [2.45, 2.75) is 63.6 Å². The highest BCUT2D eigenvalue weighted by atomic mass is 16.6. The van der Waals surface area contributed by atoms with Crippen LogP contribution in [0.2, 0.25) is 0 Å². The van der Waals surface area contributed by atoms with Crippen LogP contribution in [0, 0.1) is 0 Å². The summed E-state index contributed by atoms with van der Waals surface area (Å²) >= 11 is 0. The third-order valence-corrected chi connectivity index (χ3v) is 8.87. The Bertz CT molecular complexity index is 1660. The summed E-state index contributed by atoms with van der Waals surface area (Å²) in [6.45, 7) is 3.53. The van der Waals surface area contributed by atoms with Crippen molar-refractivity contribution in [1.29, 1.82) is 0 Å². The van der Waals surface area contributed by atoms with Gasteiger partial charge in [0, 0.05) is 12.4 Å². The number of carbonyl (C=O) groups excluding carboxylic acids is 2. The number of carbonyl (C=O) groups is 2. The van der Waals surface area contributed by atoms with Crippen LogP contribution in [0.5, 0.6) is 11.5 Å². The molecule has 0 saturated carbocycles. The highest BCUT2D eigenvalue weighted by molar-refractivity contribution is 5.91. The lowest BCUT2D eigenvalue weighted by molar-refractivity contribution is 0.0487. The molecule has 6 rings (SSSR count). The monoisotopic (exact) mass is 732 g/mol. The maximum atomic E-state index is 12.5. The maximum absolute atomic E-state index is 12.5. The lowest BCUT2D eigenvalue weighted by Gasteiger charge is -2.06. The highest BCUT2D eigenvalue weighted by Crippen LogP contribution is 2.21. The van der Waals surface area contributed by atoms with E-state index in [4.69, 9.17) is 28.4 Å². The average molecular weight is 733 g/mol. The predicted octanol–water partition coefficient (Wildman–Crippen LogP) is 8.88. The molecule has 2 heterocycles. The lowest BCUT2D eigenvalue weighted by atomic mass is 10.1. The van der Waals surface area contributed by atoms with Gasteiger partial charge in [-0.1, -0.05) is 62.8 Å². The second kappa shape index (κ2) is 20.8. The molecule has 0 aliphatic carbocycles. The van der Waals surface area contributed by atoms with E-state index in [0.717, 1.165) is 98.6 Å². The van der Waals surface area contributed by atoms with Crippen LogP contribution in [0.1, 0.15) is 83.2 Å². The van der Waals surface area contributed by atoms with Gasteiger partial charge in [0.05, 0.1) is 48.9 Å². The molecule has 0 aromatic heterocycles. The van der Waals surface area contributed by atoms with Gasteiger partial charge < -0.3 is 28.4 Å². The van der Waals surface area contributed by atoms with Crippen LogP contribution < -0.4 is 9.47 Å². The first kappa shape index (κ1) is 38.4.